The van der Waals surface area contributed by atoms with Gasteiger partial charge in [-0.05, 0) is 41.5 Å². The highest BCUT2D eigenvalue weighted by atomic mass is 31.2. The van der Waals surface area contributed by atoms with Crippen molar-refractivity contribution in [2.24, 2.45) is 17.2 Å². The van der Waals surface area contributed by atoms with Crippen molar-refractivity contribution < 1.29 is 4.57 Å². The van der Waals surface area contributed by atoms with Gasteiger partial charge in [-0.2, -0.15) is 0 Å². The van der Waals surface area contributed by atoms with E-state index in [9.17, 15) is 4.57 Å². The van der Waals surface area contributed by atoms with E-state index in [1.54, 1.807) is 41.5 Å². The molecule has 0 bridgehead atoms. The highest BCUT2D eigenvalue weighted by Crippen LogP contribution is 2.69. The average Bonchev–Trinajstić information content (AvgIpc) is 1.77. The molecule has 14 heavy (non-hydrogen) atoms. The first-order chi connectivity index (χ1) is 5.75. The van der Waals surface area contributed by atoms with Gasteiger partial charge in [0.05, 0.1) is 15.8 Å². The Labute approximate surface area is 87.0 Å². The zero-order chi connectivity index (χ0) is 12.0. The first-order valence-corrected chi connectivity index (χ1v) is 6.43. The maximum Gasteiger partial charge on any atom is 0.142 e. The van der Waals surface area contributed by atoms with Crippen LogP contribution in [0.5, 0.6) is 0 Å². The van der Waals surface area contributed by atoms with E-state index in [2.05, 4.69) is 0 Å². The molecule has 0 aliphatic heterocycles. The van der Waals surface area contributed by atoms with Crippen LogP contribution in [0.2, 0.25) is 0 Å². The second kappa shape index (κ2) is 3.31. The maximum atomic E-state index is 12.9. The summed E-state index contributed by atoms with van der Waals surface area (Å²) in [6.07, 6.45) is 0. The molecule has 0 aromatic carbocycles. The lowest BCUT2D eigenvalue weighted by atomic mass is 10.4. The van der Waals surface area contributed by atoms with E-state index in [4.69, 9.17) is 17.2 Å². The van der Waals surface area contributed by atoms with Crippen molar-refractivity contribution in [1.82, 2.24) is 0 Å². The van der Waals surface area contributed by atoms with Crippen LogP contribution in [0.1, 0.15) is 41.5 Å². The normalized spacial score (nSPS) is 15.8. The summed E-state index contributed by atoms with van der Waals surface area (Å²) >= 11 is 0. The Balaban J connectivity index is 5.69. The zero-order valence-corrected chi connectivity index (χ0v) is 11.0. The molecule has 0 saturated heterocycles. The summed E-state index contributed by atoms with van der Waals surface area (Å²) in [4.78, 5) is 0. The van der Waals surface area contributed by atoms with Gasteiger partial charge in [0.25, 0.3) is 0 Å². The topological polar surface area (TPSA) is 95.1 Å². The number of hydrogen-bond donors (Lipinski definition) is 3. The summed E-state index contributed by atoms with van der Waals surface area (Å²) in [6, 6.07) is 0. The third-order valence-electron chi connectivity index (χ3n) is 2.43. The summed E-state index contributed by atoms with van der Waals surface area (Å²) in [5, 5.41) is -2.61. The predicted octanol–water partition coefficient (Wildman–Crippen LogP) is 1.43. The molecule has 6 N–H and O–H groups in total. The minimum Gasteiger partial charge on any atom is -0.319 e. The van der Waals surface area contributed by atoms with Crippen LogP contribution >= 0.6 is 7.14 Å². The molecule has 0 heterocycles. The van der Waals surface area contributed by atoms with Gasteiger partial charge in [0.15, 0.2) is 0 Å². The Hall–Kier alpha value is 0.110. The molecule has 0 atom stereocenters. The van der Waals surface area contributed by atoms with Crippen LogP contribution in [0.15, 0.2) is 0 Å². The lowest BCUT2D eigenvalue weighted by Gasteiger charge is -2.47. The number of nitrogens with two attached hydrogens (primary N) is 3. The van der Waals surface area contributed by atoms with Crippen LogP contribution in [-0.4, -0.2) is 15.8 Å². The van der Waals surface area contributed by atoms with Crippen LogP contribution in [0.4, 0.5) is 0 Å². The first-order valence-electron chi connectivity index (χ1n) is 4.72. The van der Waals surface area contributed by atoms with E-state index in [1.165, 1.54) is 0 Å². The molecule has 0 unspecified atom stereocenters. The fourth-order valence-electron chi connectivity index (χ4n) is 2.23. The Bertz CT molecular complexity index is 212. The first kappa shape index (κ1) is 14.1. The SMILES string of the molecule is CC(C)(N)P(=O)(C(C)(C)N)C(C)(C)N. The van der Waals surface area contributed by atoms with Gasteiger partial charge in [-0.1, -0.05) is 0 Å². The monoisotopic (exact) mass is 221 g/mol. The Morgan fingerprint density at radius 2 is 0.857 bits per heavy atom. The van der Waals surface area contributed by atoms with E-state index in [-0.39, 0.29) is 0 Å². The van der Waals surface area contributed by atoms with E-state index >= 15 is 0 Å². The molecular weight excluding hydrogens is 197 g/mol. The van der Waals surface area contributed by atoms with Crippen LogP contribution in [0.25, 0.3) is 0 Å². The van der Waals surface area contributed by atoms with Gasteiger partial charge >= 0.3 is 0 Å². The molecule has 0 fully saturated rings. The Kier molecular flexibility index (Phi) is 3.33. The van der Waals surface area contributed by atoms with Gasteiger partial charge in [0, 0.05) is 0 Å². The summed E-state index contributed by atoms with van der Waals surface area (Å²) < 4.78 is 12.9. The van der Waals surface area contributed by atoms with E-state index < -0.39 is 23.0 Å². The van der Waals surface area contributed by atoms with Gasteiger partial charge in [-0.15, -0.1) is 0 Å². The van der Waals surface area contributed by atoms with Crippen LogP contribution in [0.3, 0.4) is 0 Å². The molecule has 0 aromatic rings. The van der Waals surface area contributed by atoms with Crippen molar-refractivity contribution >= 4 is 7.14 Å². The number of hydrogen-bond acceptors (Lipinski definition) is 4. The molecule has 0 rings (SSSR count). The summed E-state index contributed by atoms with van der Waals surface area (Å²) in [7, 11) is -2.94. The van der Waals surface area contributed by atoms with Crippen molar-refractivity contribution in [3.8, 4) is 0 Å². The van der Waals surface area contributed by atoms with Crippen LogP contribution < -0.4 is 17.2 Å². The van der Waals surface area contributed by atoms with Gasteiger partial charge < -0.3 is 21.8 Å². The van der Waals surface area contributed by atoms with Crippen molar-refractivity contribution in [3.05, 3.63) is 0 Å². The third kappa shape index (κ3) is 2.03. The molecule has 5 heteroatoms. The molecule has 4 nitrogen and oxygen atoms in total. The molecule has 0 saturated carbocycles. The number of rotatable bonds is 3. The standard InChI is InChI=1S/C9H24N3OP/c1-7(2,10)14(13,8(3,4)11)9(5,6)12/h10-12H2,1-6H3. The smallest absolute Gasteiger partial charge is 0.142 e. The van der Waals surface area contributed by atoms with Gasteiger partial charge in [0.1, 0.15) is 7.14 Å². The molecule has 0 radical (unpaired) electrons. The molecule has 86 valence electrons. The zero-order valence-electron chi connectivity index (χ0n) is 10.1. The van der Waals surface area contributed by atoms with Gasteiger partial charge in [-0.3, -0.25) is 0 Å². The Morgan fingerprint density at radius 3 is 0.857 bits per heavy atom. The quantitative estimate of drug-likeness (QED) is 0.628. The fraction of sp³-hybridized carbons (Fsp3) is 1.00. The van der Waals surface area contributed by atoms with Crippen LogP contribution in [0, 0.1) is 0 Å². The second-order valence-electron chi connectivity index (χ2n) is 5.57. The van der Waals surface area contributed by atoms with Crippen molar-refractivity contribution in [1.29, 1.82) is 0 Å². The van der Waals surface area contributed by atoms with Gasteiger partial charge in [-0.25, -0.2) is 0 Å². The van der Waals surface area contributed by atoms with E-state index in [0.29, 0.717) is 0 Å². The highest BCUT2D eigenvalue weighted by molar-refractivity contribution is 7.68. The molecular formula is C9H24N3OP. The second-order valence-corrected chi connectivity index (χ2v) is 10.2. The fourth-order valence-corrected chi connectivity index (χ4v) is 6.68. The molecule has 0 amide bonds. The summed E-state index contributed by atoms with van der Waals surface area (Å²) in [5.74, 6) is 0. The molecule has 0 aliphatic rings. The van der Waals surface area contributed by atoms with Crippen molar-refractivity contribution in [2.75, 3.05) is 0 Å². The average molecular weight is 221 g/mol. The summed E-state index contributed by atoms with van der Waals surface area (Å²) in [6.45, 7) is 10.3. The maximum absolute atomic E-state index is 12.9. The van der Waals surface area contributed by atoms with E-state index in [0.717, 1.165) is 0 Å². The predicted molar refractivity (Wildman–Crippen MR) is 62.4 cm³/mol. The molecule has 0 aromatic heterocycles. The van der Waals surface area contributed by atoms with Gasteiger partial charge in [0.2, 0.25) is 0 Å². The lowest BCUT2D eigenvalue weighted by Crippen LogP contribution is -2.54. The third-order valence-corrected chi connectivity index (χ3v) is 7.30. The summed E-state index contributed by atoms with van der Waals surface area (Å²) in [5.41, 5.74) is 17.9. The molecule has 0 aliphatic carbocycles. The van der Waals surface area contributed by atoms with E-state index in [1.807, 2.05) is 0 Å². The van der Waals surface area contributed by atoms with Crippen molar-refractivity contribution in [2.45, 2.75) is 57.4 Å². The van der Waals surface area contributed by atoms with Crippen molar-refractivity contribution in [3.63, 3.8) is 0 Å². The molecule has 0 spiro atoms. The largest absolute Gasteiger partial charge is 0.319 e. The highest BCUT2D eigenvalue weighted by Gasteiger charge is 2.55. The Morgan fingerprint density at radius 1 is 0.714 bits per heavy atom. The lowest BCUT2D eigenvalue weighted by molar-refractivity contribution is 0.469. The minimum absolute atomic E-state index is 0.872. The minimum atomic E-state index is -2.94. The van der Waals surface area contributed by atoms with Crippen LogP contribution in [-0.2, 0) is 4.57 Å².